The number of alkyl halides is 1. The molecule has 13 heavy (non-hydrogen) atoms. The predicted molar refractivity (Wildman–Crippen MR) is 52.5 cm³/mol. The van der Waals surface area contributed by atoms with Crippen molar-refractivity contribution in [2.75, 3.05) is 31.3 Å². The number of nitrogens with two attached hydrogens (primary N) is 1. The molecule has 1 heterocycles. The predicted octanol–water partition coefficient (Wildman–Crippen LogP) is 0.249. The van der Waals surface area contributed by atoms with Crippen molar-refractivity contribution in [3.8, 4) is 0 Å². The lowest BCUT2D eigenvalue weighted by Gasteiger charge is -2.32. The average molecular weight is 206 g/mol. The molecule has 1 aliphatic heterocycles. The van der Waals surface area contributed by atoms with Crippen molar-refractivity contribution in [3.05, 3.63) is 0 Å². The van der Waals surface area contributed by atoms with Crippen molar-refractivity contribution in [2.24, 2.45) is 5.73 Å². The van der Waals surface area contributed by atoms with Crippen LogP contribution in [0.4, 0.5) is 4.39 Å². The average Bonchev–Trinajstić information content (AvgIpc) is 2.15. The van der Waals surface area contributed by atoms with Gasteiger partial charge in [0.15, 0.2) is 0 Å². The van der Waals surface area contributed by atoms with Crippen LogP contribution in [0.1, 0.15) is 6.42 Å². The smallest absolute Gasteiger partial charge is 0.235 e. The van der Waals surface area contributed by atoms with Gasteiger partial charge < -0.3 is 5.73 Å². The zero-order valence-electron chi connectivity index (χ0n) is 7.54. The summed E-state index contributed by atoms with van der Waals surface area (Å²) < 4.78 is 11.9. The molecule has 0 saturated carbocycles. The zero-order chi connectivity index (χ0) is 9.68. The lowest BCUT2D eigenvalue weighted by molar-refractivity contribution is -0.122. The molecular formula is C8H15FN2OS. The Morgan fingerprint density at radius 2 is 2.46 bits per heavy atom. The minimum Gasteiger partial charge on any atom is -0.368 e. The van der Waals surface area contributed by atoms with Crippen LogP contribution in [0.25, 0.3) is 0 Å². The van der Waals surface area contributed by atoms with Crippen LogP contribution in [-0.2, 0) is 4.79 Å². The molecule has 1 amide bonds. The fraction of sp³-hybridized carbons (Fsp3) is 0.875. The van der Waals surface area contributed by atoms with Gasteiger partial charge in [-0.2, -0.15) is 11.8 Å². The maximum atomic E-state index is 11.9. The lowest BCUT2D eigenvalue weighted by Crippen LogP contribution is -2.50. The first-order chi connectivity index (χ1) is 6.25. The third-order valence-corrected chi connectivity index (χ3v) is 3.17. The van der Waals surface area contributed by atoms with Crippen LogP contribution in [0.15, 0.2) is 0 Å². The number of carbonyl (C=O) groups is 1. The number of halogens is 1. The first-order valence-electron chi connectivity index (χ1n) is 4.42. The molecule has 0 aromatic rings. The highest BCUT2D eigenvalue weighted by Crippen LogP contribution is 2.16. The van der Waals surface area contributed by atoms with Gasteiger partial charge in [0.1, 0.15) is 0 Å². The highest BCUT2D eigenvalue weighted by atomic mass is 32.2. The van der Waals surface area contributed by atoms with Gasteiger partial charge in [-0.1, -0.05) is 0 Å². The summed E-state index contributed by atoms with van der Waals surface area (Å²) in [6.07, 6.45) is 0.494. The van der Waals surface area contributed by atoms with Crippen molar-refractivity contribution in [1.29, 1.82) is 0 Å². The summed E-state index contributed by atoms with van der Waals surface area (Å²) in [6, 6.07) is -0.190. The normalized spacial score (nSPS) is 24.5. The quantitative estimate of drug-likeness (QED) is 0.717. The monoisotopic (exact) mass is 206 g/mol. The Kier molecular flexibility index (Phi) is 4.52. The standard InChI is InChI=1S/C8H15FN2OS/c9-2-1-3-11-4-5-13-6-7(11)8(10)12/h7H,1-6H2,(H2,10,12). The molecule has 1 aliphatic rings. The second kappa shape index (κ2) is 5.44. The van der Waals surface area contributed by atoms with Crippen LogP contribution in [0.5, 0.6) is 0 Å². The molecule has 1 rings (SSSR count). The molecule has 76 valence electrons. The molecule has 5 heteroatoms. The number of carbonyl (C=O) groups excluding carboxylic acids is 1. The number of thioether (sulfide) groups is 1. The summed E-state index contributed by atoms with van der Waals surface area (Å²) in [7, 11) is 0. The highest BCUT2D eigenvalue weighted by molar-refractivity contribution is 7.99. The van der Waals surface area contributed by atoms with Gasteiger partial charge in [-0.3, -0.25) is 14.1 Å². The SMILES string of the molecule is NC(=O)C1CSCCN1CCCF. The highest BCUT2D eigenvalue weighted by Gasteiger charge is 2.26. The zero-order valence-corrected chi connectivity index (χ0v) is 8.36. The topological polar surface area (TPSA) is 46.3 Å². The van der Waals surface area contributed by atoms with E-state index >= 15 is 0 Å². The number of primary amides is 1. The van der Waals surface area contributed by atoms with Crippen LogP contribution < -0.4 is 5.73 Å². The van der Waals surface area contributed by atoms with Crippen molar-refractivity contribution in [1.82, 2.24) is 4.90 Å². The molecule has 0 spiro atoms. The van der Waals surface area contributed by atoms with Gasteiger partial charge in [0.25, 0.3) is 0 Å². The molecule has 1 unspecified atom stereocenters. The van der Waals surface area contributed by atoms with Crippen molar-refractivity contribution in [2.45, 2.75) is 12.5 Å². The third kappa shape index (κ3) is 3.15. The van der Waals surface area contributed by atoms with E-state index in [1.54, 1.807) is 11.8 Å². The van der Waals surface area contributed by atoms with Crippen LogP contribution in [-0.4, -0.2) is 48.1 Å². The second-order valence-corrected chi connectivity index (χ2v) is 4.22. The van der Waals surface area contributed by atoms with Crippen LogP contribution in [0.3, 0.4) is 0 Å². The maximum Gasteiger partial charge on any atom is 0.235 e. The summed E-state index contributed by atoms with van der Waals surface area (Å²) in [5.41, 5.74) is 5.24. The maximum absolute atomic E-state index is 11.9. The first kappa shape index (κ1) is 10.8. The molecule has 0 radical (unpaired) electrons. The van der Waals surface area contributed by atoms with E-state index in [-0.39, 0.29) is 18.6 Å². The Labute approximate surface area is 81.8 Å². The fourth-order valence-electron chi connectivity index (χ4n) is 1.43. The van der Waals surface area contributed by atoms with Gasteiger partial charge in [-0.15, -0.1) is 0 Å². The van der Waals surface area contributed by atoms with Gasteiger partial charge in [0.05, 0.1) is 12.7 Å². The number of hydrogen-bond donors (Lipinski definition) is 1. The lowest BCUT2D eigenvalue weighted by atomic mass is 10.2. The molecule has 0 aromatic carbocycles. The van der Waals surface area contributed by atoms with Gasteiger partial charge in [-0.05, 0) is 6.42 Å². The van der Waals surface area contributed by atoms with Gasteiger partial charge in [0.2, 0.25) is 5.91 Å². The Bertz CT molecular complexity index is 180. The summed E-state index contributed by atoms with van der Waals surface area (Å²) >= 11 is 1.73. The summed E-state index contributed by atoms with van der Waals surface area (Å²) in [5.74, 6) is 1.48. The van der Waals surface area contributed by atoms with E-state index in [4.69, 9.17) is 5.73 Å². The Hall–Kier alpha value is -0.290. The Balaban J connectivity index is 2.41. The molecule has 0 aromatic heterocycles. The minimum atomic E-state index is -0.324. The molecule has 0 aliphatic carbocycles. The van der Waals surface area contributed by atoms with Crippen molar-refractivity contribution in [3.63, 3.8) is 0 Å². The number of hydrogen-bond acceptors (Lipinski definition) is 3. The van der Waals surface area contributed by atoms with Crippen LogP contribution in [0.2, 0.25) is 0 Å². The summed E-state index contributed by atoms with van der Waals surface area (Å²) in [5, 5.41) is 0. The first-order valence-corrected chi connectivity index (χ1v) is 5.58. The van der Waals surface area contributed by atoms with E-state index in [9.17, 15) is 9.18 Å². The van der Waals surface area contributed by atoms with Crippen molar-refractivity contribution >= 4 is 17.7 Å². The summed E-state index contributed by atoms with van der Waals surface area (Å²) in [6.45, 7) is 1.16. The molecule has 3 nitrogen and oxygen atoms in total. The molecular weight excluding hydrogens is 191 g/mol. The van der Waals surface area contributed by atoms with Gasteiger partial charge >= 0.3 is 0 Å². The van der Waals surface area contributed by atoms with E-state index in [1.165, 1.54) is 0 Å². The number of amides is 1. The summed E-state index contributed by atoms with van der Waals surface area (Å²) in [4.78, 5) is 13.0. The van der Waals surface area contributed by atoms with E-state index in [0.29, 0.717) is 13.0 Å². The van der Waals surface area contributed by atoms with Gasteiger partial charge in [0, 0.05) is 24.6 Å². The van der Waals surface area contributed by atoms with Crippen LogP contribution in [0, 0.1) is 0 Å². The van der Waals surface area contributed by atoms with E-state index in [2.05, 4.69) is 0 Å². The molecule has 1 saturated heterocycles. The molecule has 2 N–H and O–H groups in total. The largest absolute Gasteiger partial charge is 0.368 e. The minimum absolute atomic E-state index is 0.190. The van der Waals surface area contributed by atoms with E-state index in [0.717, 1.165) is 18.1 Å². The van der Waals surface area contributed by atoms with Crippen molar-refractivity contribution < 1.29 is 9.18 Å². The van der Waals surface area contributed by atoms with E-state index in [1.807, 2.05) is 4.90 Å². The van der Waals surface area contributed by atoms with Gasteiger partial charge in [-0.25, -0.2) is 0 Å². The fourth-order valence-corrected chi connectivity index (χ4v) is 2.56. The van der Waals surface area contributed by atoms with E-state index < -0.39 is 0 Å². The second-order valence-electron chi connectivity index (χ2n) is 3.07. The van der Waals surface area contributed by atoms with Crippen LogP contribution >= 0.6 is 11.8 Å². The third-order valence-electron chi connectivity index (χ3n) is 2.15. The molecule has 1 fully saturated rings. The number of nitrogens with zero attached hydrogens (tertiary/aromatic N) is 1. The Morgan fingerprint density at radius 3 is 3.08 bits per heavy atom. The molecule has 1 atom stereocenters. The number of rotatable bonds is 4. The molecule has 0 bridgehead atoms. The Morgan fingerprint density at radius 1 is 1.69 bits per heavy atom.